The molecule has 0 bridgehead atoms. The smallest absolute Gasteiger partial charge is 0.383 e. The van der Waals surface area contributed by atoms with E-state index in [0.29, 0.717) is 22.2 Å². The average Bonchev–Trinajstić information content (AvgIpc) is 3.28. The molecule has 3 aromatic heterocycles. The second-order valence-corrected chi connectivity index (χ2v) is 5.99. The number of ether oxygens (including phenoxy) is 1. The second kappa shape index (κ2) is 6.54. The number of aromatic nitrogens is 5. The molecule has 7 nitrogen and oxygen atoms in total. The zero-order valence-corrected chi connectivity index (χ0v) is 14.0. The summed E-state index contributed by atoms with van der Waals surface area (Å²) >= 11 is 0. The van der Waals surface area contributed by atoms with Crippen molar-refractivity contribution in [3.63, 3.8) is 0 Å². The molecule has 10 heteroatoms. The molecule has 0 unspecified atom stereocenters. The number of hydrogen-bond acceptors (Lipinski definition) is 5. The van der Waals surface area contributed by atoms with Gasteiger partial charge in [0.05, 0.1) is 23.2 Å². The molecule has 3 N–H and O–H groups in total. The maximum Gasteiger partial charge on any atom is 0.522 e. The van der Waals surface area contributed by atoms with Crippen LogP contribution in [0.15, 0.2) is 36.7 Å². The Balaban J connectivity index is 1.64. The van der Waals surface area contributed by atoms with Gasteiger partial charge >= 0.3 is 6.36 Å². The molecule has 0 aliphatic carbocycles. The molecule has 0 fully saturated rings. The Bertz CT molecular complexity index is 1090. The lowest BCUT2D eigenvalue weighted by Crippen LogP contribution is -2.15. The lowest BCUT2D eigenvalue weighted by molar-refractivity contribution is -0.324. The first-order valence-corrected chi connectivity index (χ1v) is 8.18. The molecule has 4 aromatic rings. The van der Waals surface area contributed by atoms with Gasteiger partial charge in [0.25, 0.3) is 0 Å². The Kier molecular flexibility index (Phi) is 4.19. The summed E-state index contributed by atoms with van der Waals surface area (Å²) in [6, 6.07) is 7.52. The van der Waals surface area contributed by atoms with Crippen LogP contribution in [-0.2, 0) is 11.3 Å². The third-order valence-electron chi connectivity index (χ3n) is 4.13. The predicted octanol–water partition coefficient (Wildman–Crippen LogP) is 3.48. The van der Waals surface area contributed by atoms with Crippen LogP contribution in [0.5, 0.6) is 0 Å². The number of anilines is 1. The Morgan fingerprint density at radius 2 is 2.04 bits per heavy atom. The molecule has 140 valence electrons. The molecular weight excluding hydrogens is 361 g/mol. The molecule has 0 aliphatic heterocycles. The summed E-state index contributed by atoms with van der Waals surface area (Å²) in [6.07, 6.45) is -1.03. The lowest BCUT2D eigenvalue weighted by atomic mass is 10.1. The summed E-state index contributed by atoms with van der Waals surface area (Å²) in [4.78, 5) is 4.43. The van der Waals surface area contributed by atoms with Crippen molar-refractivity contribution in [2.75, 3.05) is 12.3 Å². The van der Waals surface area contributed by atoms with E-state index < -0.39 is 13.0 Å². The van der Waals surface area contributed by atoms with Crippen molar-refractivity contribution in [3.05, 3.63) is 36.7 Å². The van der Waals surface area contributed by atoms with E-state index in [1.165, 1.54) is 0 Å². The Labute approximate surface area is 150 Å². The molecule has 27 heavy (non-hydrogen) atoms. The highest BCUT2D eigenvalue weighted by Gasteiger charge is 2.28. The number of alkyl halides is 3. The minimum Gasteiger partial charge on any atom is -0.383 e. The van der Waals surface area contributed by atoms with Crippen LogP contribution in [0.1, 0.15) is 6.42 Å². The van der Waals surface area contributed by atoms with Gasteiger partial charge in [0.2, 0.25) is 0 Å². The van der Waals surface area contributed by atoms with E-state index in [0.717, 1.165) is 16.6 Å². The van der Waals surface area contributed by atoms with Crippen LogP contribution in [0, 0.1) is 0 Å². The molecule has 0 saturated carbocycles. The number of nitrogens with zero attached hydrogens (tertiary/aromatic N) is 4. The number of H-pyrrole nitrogens is 1. The fraction of sp³-hybridized carbons (Fsp3) is 0.235. The van der Waals surface area contributed by atoms with Crippen LogP contribution in [0.3, 0.4) is 0 Å². The van der Waals surface area contributed by atoms with Crippen molar-refractivity contribution < 1.29 is 17.9 Å². The number of nitrogens with one attached hydrogen (secondary N) is 1. The van der Waals surface area contributed by atoms with Gasteiger partial charge < -0.3 is 5.73 Å². The summed E-state index contributed by atoms with van der Waals surface area (Å²) in [6.45, 7) is -0.155. The van der Waals surface area contributed by atoms with Gasteiger partial charge in [-0.15, -0.1) is 13.2 Å². The average molecular weight is 376 g/mol. The SMILES string of the molecule is Nc1nc2cc(-c3cc[nH]n3)ccc2c2nn(CCCOC(F)(F)F)cc12. The number of halogens is 3. The molecule has 0 radical (unpaired) electrons. The maximum atomic E-state index is 12.0. The van der Waals surface area contributed by atoms with E-state index in [9.17, 15) is 13.2 Å². The predicted molar refractivity (Wildman–Crippen MR) is 93.7 cm³/mol. The highest BCUT2D eigenvalue weighted by molar-refractivity contribution is 6.08. The molecule has 4 rings (SSSR count). The fourth-order valence-electron chi connectivity index (χ4n) is 2.93. The van der Waals surface area contributed by atoms with Gasteiger partial charge in [0.15, 0.2) is 0 Å². The molecular formula is C17H15F3N6O. The normalized spacial score (nSPS) is 12.3. The van der Waals surface area contributed by atoms with Crippen molar-refractivity contribution in [1.29, 1.82) is 0 Å². The molecule has 3 heterocycles. The Hall–Kier alpha value is -3.14. The van der Waals surface area contributed by atoms with Gasteiger partial charge in [0, 0.05) is 29.9 Å². The van der Waals surface area contributed by atoms with E-state index in [-0.39, 0.29) is 13.0 Å². The van der Waals surface area contributed by atoms with Crippen molar-refractivity contribution in [2.24, 2.45) is 0 Å². The van der Waals surface area contributed by atoms with Crippen molar-refractivity contribution in [2.45, 2.75) is 19.3 Å². The quantitative estimate of drug-likeness (QED) is 0.520. The summed E-state index contributed by atoms with van der Waals surface area (Å²) in [7, 11) is 0. The van der Waals surface area contributed by atoms with E-state index in [4.69, 9.17) is 5.73 Å². The van der Waals surface area contributed by atoms with Gasteiger partial charge in [-0.05, 0) is 24.6 Å². The first-order chi connectivity index (χ1) is 12.9. The van der Waals surface area contributed by atoms with Gasteiger partial charge in [-0.25, -0.2) is 4.98 Å². The molecule has 0 amide bonds. The van der Waals surface area contributed by atoms with Crippen molar-refractivity contribution in [3.8, 4) is 11.3 Å². The van der Waals surface area contributed by atoms with Crippen LogP contribution in [-0.4, -0.2) is 37.9 Å². The highest BCUT2D eigenvalue weighted by Crippen LogP contribution is 2.29. The van der Waals surface area contributed by atoms with Gasteiger partial charge in [-0.2, -0.15) is 10.2 Å². The number of hydrogen-bond donors (Lipinski definition) is 2. The van der Waals surface area contributed by atoms with Crippen LogP contribution in [0.2, 0.25) is 0 Å². The van der Waals surface area contributed by atoms with Crippen molar-refractivity contribution in [1.82, 2.24) is 25.0 Å². The highest BCUT2D eigenvalue weighted by atomic mass is 19.4. The lowest BCUT2D eigenvalue weighted by Gasteiger charge is -2.06. The van der Waals surface area contributed by atoms with Gasteiger partial charge in [-0.1, -0.05) is 6.07 Å². The van der Waals surface area contributed by atoms with Crippen LogP contribution < -0.4 is 5.73 Å². The summed E-state index contributed by atoms with van der Waals surface area (Å²) < 4.78 is 41.4. The number of fused-ring (bicyclic) bond motifs is 3. The topological polar surface area (TPSA) is 94.6 Å². The maximum absolute atomic E-state index is 12.0. The zero-order valence-electron chi connectivity index (χ0n) is 14.0. The Morgan fingerprint density at radius 3 is 2.78 bits per heavy atom. The third kappa shape index (κ3) is 3.56. The first kappa shape index (κ1) is 17.3. The van der Waals surface area contributed by atoms with Crippen molar-refractivity contribution >= 4 is 27.6 Å². The monoisotopic (exact) mass is 376 g/mol. The van der Waals surface area contributed by atoms with Crippen LogP contribution in [0.4, 0.5) is 19.0 Å². The van der Waals surface area contributed by atoms with Crippen LogP contribution in [0.25, 0.3) is 33.1 Å². The van der Waals surface area contributed by atoms with Gasteiger partial charge in [0.1, 0.15) is 11.3 Å². The second-order valence-electron chi connectivity index (χ2n) is 5.99. The first-order valence-electron chi connectivity index (χ1n) is 8.18. The number of rotatable bonds is 5. The number of nitrogen functional groups attached to an aromatic ring is 1. The Morgan fingerprint density at radius 1 is 1.19 bits per heavy atom. The largest absolute Gasteiger partial charge is 0.522 e. The van der Waals surface area contributed by atoms with E-state index >= 15 is 0 Å². The minimum atomic E-state index is -4.62. The molecule has 0 spiro atoms. The number of aromatic amines is 1. The number of pyridine rings is 1. The minimum absolute atomic E-state index is 0.169. The number of benzene rings is 1. The van der Waals surface area contributed by atoms with Crippen LogP contribution >= 0.6 is 0 Å². The van der Waals surface area contributed by atoms with E-state index in [1.54, 1.807) is 17.1 Å². The molecule has 0 saturated heterocycles. The fourth-order valence-corrected chi connectivity index (χ4v) is 2.93. The molecule has 0 aliphatic rings. The zero-order chi connectivity index (χ0) is 19.0. The van der Waals surface area contributed by atoms with Gasteiger partial charge in [-0.3, -0.25) is 14.5 Å². The summed E-state index contributed by atoms with van der Waals surface area (Å²) in [5.74, 6) is 0.314. The summed E-state index contributed by atoms with van der Waals surface area (Å²) in [5.41, 5.74) is 9.06. The number of nitrogens with two attached hydrogens (primary N) is 1. The summed E-state index contributed by atoms with van der Waals surface area (Å²) in [5, 5.41) is 12.8. The number of aryl methyl sites for hydroxylation is 1. The standard InChI is InChI=1S/C17H15F3N6O/c18-17(19,20)27-7-1-6-26-9-12-15(25-26)11-3-2-10(13-4-5-22-24-13)8-14(11)23-16(12)21/h2-5,8-9H,1,6-7H2,(H2,21,23)(H,22,24). The molecule has 0 atom stereocenters. The van der Waals surface area contributed by atoms with E-state index in [1.807, 2.05) is 24.3 Å². The molecule has 1 aromatic carbocycles. The van der Waals surface area contributed by atoms with E-state index in [2.05, 4.69) is 25.0 Å². The third-order valence-corrected chi connectivity index (χ3v) is 4.13.